The number of ketones is 2. The molecule has 7 heteroatoms. The van der Waals surface area contributed by atoms with E-state index in [2.05, 4.69) is 31.9 Å². The average Bonchev–Trinajstić information content (AvgIpc) is 2.60. The summed E-state index contributed by atoms with van der Waals surface area (Å²) in [5, 5.41) is 0. The number of Topliss-reactive ketones (excluding diaryl/α,β-unsaturated/α-hetero) is 2. The normalized spacial score (nSPS) is 10.3. The van der Waals surface area contributed by atoms with Gasteiger partial charge in [0.2, 0.25) is 0 Å². The van der Waals surface area contributed by atoms with E-state index in [0.29, 0.717) is 11.1 Å². The smallest absolute Gasteiger partial charge is 0.316 e. The first kappa shape index (κ1) is 19.9. The quantitative estimate of drug-likeness (QED) is 0.405. The van der Waals surface area contributed by atoms with Gasteiger partial charge in [-0.05, 0) is 24.3 Å². The third-order valence-electron chi connectivity index (χ3n) is 3.15. The highest BCUT2D eigenvalue weighted by molar-refractivity contribution is 9.10. The molecule has 4 nitrogen and oxygen atoms in total. The summed E-state index contributed by atoms with van der Waals surface area (Å²) in [6.45, 7) is -0.304. The van der Waals surface area contributed by atoms with Gasteiger partial charge in [0, 0.05) is 20.1 Å². The van der Waals surface area contributed by atoms with Crippen LogP contribution in [0, 0.1) is 0 Å². The van der Waals surface area contributed by atoms with Gasteiger partial charge in [0.1, 0.15) is 0 Å². The van der Waals surface area contributed by atoms with E-state index in [-0.39, 0.29) is 29.7 Å². The fourth-order valence-corrected chi connectivity index (χ4v) is 3.09. The van der Waals surface area contributed by atoms with Crippen molar-refractivity contribution in [1.29, 1.82) is 0 Å². The van der Waals surface area contributed by atoms with E-state index in [1.165, 1.54) is 0 Å². The van der Waals surface area contributed by atoms with Gasteiger partial charge in [0.25, 0.3) is 0 Å². The summed E-state index contributed by atoms with van der Waals surface area (Å²) in [6, 6.07) is 13.8. The second-order valence-corrected chi connectivity index (χ2v) is 7.83. The summed E-state index contributed by atoms with van der Waals surface area (Å²) in [6.07, 6.45) is 0. The molecule has 2 aromatic rings. The zero-order chi connectivity index (χ0) is 18.2. The van der Waals surface area contributed by atoms with Crippen molar-refractivity contribution >= 4 is 61.2 Å². The maximum absolute atomic E-state index is 12.0. The van der Waals surface area contributed by atoms with Crippen LogP contribution in [-0.4, -0.2) is 35.6 Å². The van der Waals surface area contributed by atoms with Crippen molar-refractivity contribution in [1.82, 2.24) is 0 Å². The molecule has 0 aliphatic carbocycles. The molecule has 0 saturated carbocycles. The second-order valence-electron chi connectivity index (χ2n) is 5.01. The zero-order valence-electron chi connectivity index (χ0n) is 13.0. The molecule has 0 aromatic heterocycles. The Morgan fingerprint density at radius 1 is 0.760 bits per heavy atom. The molecule has 0 aliphatic heterocycles. The van der Waals surface area contributed by atoms with Crippen molar-refractivity contribution in [2.75, 3.05) is 18.1 Å². The fourth-order valence-electron chi connectivity index (χ4n) is 1.85. The molecule has 25 heavy (non-hydrogen) atoms. The van der Waals surface area contributed by atoms with Crippen molar-refractivity contribution in [3.63, 3.8) is 0 Å². The maximum atomic E-state index is 12.0. The minimum Gasteiger partial charge on any atom is -0.457 e. The van der Waals surface area contributed by atoms with Crippen molar-refractivity contribution in [2.45, 2.75) is 0 Å². The van der Waals surface area contributed by atoms with Crippen LogP contribution in [0.1, 0.15) is 20.7 Å². The molecule has 0 atom stereocenters. The summed E-state index contributed by atoms with van der Waals surface area (Å²) in [4.78, 5) is 35.5. The second kappa shape index (κ2) is 9.89. The predicted octanol–water partition coefficient (Wildman–Crippen LogP) is 4.55. The highest BCUT2D eigenvalue weighted by Gasteiger charge is 2.12. The SMILES string of the molecule is O=C(CSCC(=O)c1ccc(Br)cc1)OCC(=O)c1ccc(Br)cc1. The Kier molecular flexibility index (Phi) is 7.87. The number of ether oxygens (including phenoxy) is 1. The van der Waals surface area contributed by atoms with Crippen LogP contribution in [0.25, 0.3) is 0 Å². The van der Waals surface area contributed by atoms with Crippen molar-refractivity contribution in [2.24, 2.45) is 0 Å². The van der Waals surface area contributed by atoms with E-state index >= 15 is 0 Å². The van der Waals surface area contributed by atoms with Gasteiger partial charge in [-0.2, -0.15) is 0 Å². The number of carbonyl (C=O) groups excluding carboxylic acids is 3. The lowest BCUT2D eigenvalue weighted by atomic mass is 10.1. The summed E-state index contributed by atoms with van der Waals surface area (Å²) < 4.78 is 6.72. The van der Waals surface area contributed by atoms with Gasteiger partial charge in [-0.3, -0.25) is 14.4 Å². The van der Waals surface area contributed by atoms with Crippen molar-refractivity contribution in [3.8, 4) is 0 Å². The highest BCUT2D eigenvalue weighted by Crippen LogP contribution is 2.14. The first-order valence-corrected chi connectivity index (χ1v) is 10.0. The number of carbonyl (C=O) groups is 3. The fraction of sp³-hybridized carbons (Fsp3) is 0.167. The van der Waals surface area contributed by atoms with E-state index in [0.717, 1.165) is 20.7 Å². The van der Waals surface area contributed by atoms with Gasteiger partial charge in [-0.25, -0.2) is 0 Å². The minimum atomic E-state index is -0.515. The van der Waals surface area contributed by atoms with E-state index in [4.69, 9.17) is 4.74 Å². The van der Waals surface area contributed by atoms with Crippen LogP contribution in [0.5, 0.6) is 0 Å². The van der Waals surface area contributed by atoms with Gasteiger partial charge >= 0.3 is 5.97 Å². The molecule has 0 radical (unpaired) electrons. The van der Waals surface area contributed by atoms with Gasteiger partial charge in [0.15, 0.2) is 18.2 Å². The number of hydrogen-bond acceptors (Lipinski definition) is 5. The van der Waals surface area contributed by atoms with Crippen LogP contribution in [0.4, 0.5) is 0 Å². The zero-order valence-corrected chi connectivity index (χ0v) is 17.0. The largest absolute Gasteiger partial charge is 0.457 e. The minimum absolute atomic E-state index is 0.0237. The molecule has 0 heterocycles. The van der Waals surface area contributed by atoms with E-state index in [1.54, 1.807) is 48.5 Å². The van der Waals surface area contributed by atoms with Crippen LogP contribution in [0.2, 0.25) is 0 Å². The lowest BCUT2D eigenvalue weighted by molar-refractivity contribution is -0.139. The summed E-state index contributed by atoms with van der Waals surface area (Å²) in [5.41, 5.74) is 1.07. The summed E-state index contributed by atoms with van der Waals surface area (Å²) >= 11 is 7.76. The van der Waals surface area contributed by atoms with Crippen LogP contribution >= 0.6 is 43.6 Å². The number of halogens is 2. The number of benzene rings is 2. The Morgan fingerprint density at radius 3 is 1.76 bits per heavy atom. The van der Waals surface area contributed by atoms with Crippen molar-refractivity contribution < 1.29 is 19.1 Å². The molecule has 2 rings (SSSR count). The first-order chi connectivity index (χ1) is 12.0. The number of thioether (sulfide) groups is 1. The third kappa shape index (κ3) is 6.76. The Labute approximate surface area is 166 Å². The first-order valence-electron chi connectivity index (χ1n) is 7.26. The van der Waals surface area contributed by atoms with Crippen LogP contribution in [0.15, 0.2) is 57.5 Å². The topological polar surface area (TPSA) is 60.4 Å². The number of esters is 1. The van der Waals surface area contributed by atoms with Gasteiger partial charge in [-0.1, -0.05) is 56.1 Å². The molecule has 2 aromatic carbocycles. The molecule has 0 bridgehead atoms. The lowest BCUT2D eigenvalue weighted by Gasteiger charge is -2.05. The molecule has 0 N–H and O–H groups in total. The van der Waals surface area contributed by atoms with Crippen molar-refractivity contribution in [3.05, 3.63) is 68.6 Å². The maximum Gasteiger partial charge on any atom is 0.316 e. The molecular formula is C18H14Br2O4S. The van der Waals surface area contributed by atoms with Gasteiger partial charge in [-0.15, -0.1) is 11.8 Å². The Balaban J connectivity index is 1.70. The highest BCUT2D eigenvalue weighted by atomic mass is 79.9. The Bertz CT molecular complexity index is 758. The monoisotopic (exact) mass is 484 g/mol. The summed E-state index contributed by atoms with van der Waals surface area (Å²) in [7, 11) is 0. The van der Waals surface area contributed by atoms with Gasteiger partial charge in [0.05, 0.1) is 11.5 Å². The third-order valence-corrected chi connectivity index (χ3v) is 5.11. The van der Waals surface area contributed by atoms with E-state index < -0.39 is 5.97 Å². The molecule has 0 unspecified atom stereocenters. The molecule has 0 fully saturated rings. The Hall–Kier alpha value is -1.44. The Morgan fingerprint density at radius 2 is 1.24 bits per heavy atom. The average molecular weight is 486 g/mol. The summed E-state index contributed by atoms with van der Waals surface area (Å²) in [5.74, 6) is -0.639. The van der Waals surface area contributed by atoms with Crippen LogP contribution < -0.4 is 0 Å². The van der Waals surface area contributed by atoms with E-state index in [9.17, 15) is 14.4 Å². The molecule has 0 spiro atoms. The predicted molar refractivity (Wildman–Crippen MR) is 105 cm³/mol. The van der Waals surface area contributed by atoms with E-state index in [1.807, 2.05) is 0 Å². The molecule has 130 valence electrons. The molecular weight excluding hydrogens is 472 g/mol. The molecule has 0 saturated heterocycles. The lowest BCUT2D eigenvalue weighted by Crippen LogP contribution is -2.16. The number of rotatable bonds is 8. The van der Waals surface area contributed by atoms with Gasteiger partial charge < -0.3 is 4.74 Å². The standard InChI is InChI=1S/C18H14Br2O4S/c19-14-5-1-12(2-6-14)16(21)9-24-18(23)11-25-10-17(22)13-3-7-15(20)8-4-13/h1-8H,9-11H2. The van der Waals surface area contributed by atoms with Crippen LogP contribution in [-0.2, 0) is 9.53 Å². The van der Waals surface area contributed by atoms with Crippen LogP contribution in [0.3, 0.4) is 0 Å². The molecule has 0 amide bonds. The number of hydrogen-bond donors (Lipinski definition) is 0. The molecule has 0 aliphatic rings.